The standard InChI is InChI=1S/C19H16Br2N2O2S/c1-10-4-5-14(6-11(10)2)22-19-23(3)18(25)16(26-19)8-12-7-13(20)9-15(21)17(12)24/h4-9,24H,1-3H3. The molecule has 0 aromatic heterocycles. The minimum Gasteiger partial charge on any atom is -0.506 e. The highest BCUT2D eigenvalue weighted by molar-refractivity contribution is 9.11. The number of amidine groups is 1. The van der Waals surface area contributed by atoms with Gasteiger partial charge < -0.3 is 5.11 Å². The number of halogens is 2. The van der Waals surface area contributed by atoms with Crippen LogP contribution in [0.3, 0.4) is 0 Å². The second-order valence-corrected chi connectivity index (χ2v) is 8.74. The SMILES string of the molecule is Cc1ccc(N=C2SC(=Cc3cc(Br)cc(Br)c3O)C(=O)N2C)cc1C. The molecule has 1 fully saturated rings. The quantitative estimate of drug-likeness (QED) is 0.538. The van der Waals surface area contributed by atoms with Crippen LogP contribution in [0.25, 0.3) is 6.08 Å². The van der Waals surface area contributed by atoms with E-state index in [0.717, 1.165) is 15.7 Å². The lowest BCUT2D eigenvalue weighted by molar-refractivity contribution is -0.121. The van der Waals surface area contributed by atoms with Gasteiger partial charge in [-0.15, -0.1) is 0 Å². The predicted octanol–water partition coefficient (Wildman–Crippen LogP) is 5.77. The normalized spacial score (nSPS) is 17.6. The molecule has 0 unspecified atom stereocenters. The maximum absolute atomic E-state index is 12.6. The fraction of sp³-hybridized carbons (Fsp3) is 0.158. The van der Waals surface area contributed by atoms with Gasteiger partial charge in [-0.2, -0.15) is 0 Å². The zero-order chi connectivity index (χ0) is 19.0. The van der Waals surface area contributed by atoms with E-state index >= 15 is 0 Å². The van der Waals surface area contributed by atoms with Crippen molar-refractivity contribution in [3.8, 4) is 5.75 Å². The predicted molar refractivity (Wildman–Crippen MR) is 115 cm³/mol. The van der Waals surface area contributed by atoms with Crippen LogP contribution in [0.5, 0.6) is 5.75 Å². The summed E-state index contributed by atoms with van der Waals surface area (Å²) in [6.07, 6.45) is 1.68. The van der Waals surface area contributed by atoms with Crippen molar-refractivity contribution in [3.05, 3.63) is 60.9 Å². The van der Waals surface area contributed by atoms with Crippen LogP contribution < -0.4 is 0 Å². The van der Waals surface area contributed by atoms with Gasteiger partial charge in [0.25, 0.3) is 5.91 Å². The van der Waals surface area contributed by atoms with Crippen LogP contribution in [-0.4, -0.2) is 28.1 Å². The van der Waals surface area contributed by atoms with E-state index in [0.29, 0.717) is 20.1 Å². The first kappa shape index (κ1) is 19.2. The Labute approximate surface area is 173 Å². The highest BCUT2D eigenvalue weighted by Gasteiger charge is 2.30. The van der Waals surface area contributed by atoms with Gasteiger partial charge in [-0.1, -0.05) is 22.0 Å². The van der Waals surface area contributed by atoms with Gasteiger partial charge in [-0.3, -0.25) is 9.69 Å². The first-order valence-corrected chi connectivity index (χ1v) is 10.2. The Morgan fingerprint density at radius 2 is 1.88 bits per heavy atom. The average molecular weight is 496 g/mol. The number of benzene rings is 2. The van der Waals surface area contributed by atoms with E-state index in [-0.39, 0.29) is 11.7 Å². The monoisotopic (exact) mass is 494 g/mol. The van der Waals surface area contributed by atoms with E-state index in [4.69, 9.17) is 0 Å². The second-order valence-electron chi connectivity index (χ2n) is 5.96. The molecule has 0 radical (unpaired) electrons. The van der Waals surface area contributed by atoms with Crippen molar-refractivity contribution in [2.45, 2.75) is 13.8 Å². The highest BCUT2D eigenvalue weighted by Crippen LogP contribution is 2.37. The van der Waals surface area contributed by atoms with Crippen LogP contribution in [-0.2, 0) is 4.79 Å². The number of aromatic hydroxyl groups is 1. The number of hydrogen-bond donors (Lipinski definition) is 1. The molecule has 0 aliphatic carbocycles. The van der Waals surface area contributed by atoms with Crippen LogP contribution in [0.15, 0.2) is 49.2 Å². The largest absolute Gasteiger partial charge is 0.506 e. The van der Waals surface area contributed by atoms with Crippen molar-refractivity contribution in [2.24, 2.45) is 4.99 Å². The van der Waals surface area contributed by atoms with E-state index < -0.39 is 0 Å². The number of nitrogens with zero attached hydrogens (tertiary/aromatic N) is 2. The molecule has 0 saturated carbocycles. The van der Waals surface area contributed by atoms with Crippen LogP contribution in [0.4, 0.5) is 5.69 Å². The molecule has 7 heteroatoms. The minimum absolute atomic E-state index is 0.0938. The van der Waals surface area contributed by atoms with Gasteiger partial charge in [0.1, 0.15) is 5.75 Å². The van der Waals surface area contributed by atoms with E-state index in [1.807, 2.05) is 25.1 Å². The summed E-state index contributed by atoms with van der Waals surface area (Å²) >= 11 is 8.00. The molecular formula is C19H16Br2N2O2S. The molecule has 4 nitrogen and oxygen atoms in total. The lowest BCUT2D eigenvalue weighted by Gasteiger charge is -2.08. The van der Waals surface area contributed by atoms with Crippen molar-refractivity contribution >= 4 is 66.5 Å². The van der Waals surface area contributed by atoms with Gasteiger partial charge in [0, 0.05) is 17.1 Å². The van der Waals surface area contributed by atoms with Gasteiger partial charge in [0.15, 0.2) is 5.17 Å². The molecule has 2 aromatic carbocycles. The molecule has 3 rings (SSSR count). The summed E-state index contributed by atoms with van der Waals surface area (Å²) in [5.41, 5.74) is 3.73. The Kier molecular flexibility index (Phi) is 5.60. The third kappa shape index (κ3) is 3.89. The summed E-state index contributed by atoms with van der Waals surface area (Å²) in [7, 11) is 1.70. The summed E-state index contributed by atoms with van der Waals surface area (Å²) in [6.45, 7) is 4.09. The van der Waals surface area contributed by atoms with E-state index in [1.54, 1.807) is 25.3 Å². The van der Waals surface area contributed by atoms with Gasteiger partial charge in [0.05, 0.1) is 15.1 Å². The molecule has 1 aliphatic rings. The number of aliphatic imine (C=N–C) groups is 1. The first-order chi connectivity index (χ1) is 12.3. The van der Waals surface area contributed by atoms with Crippen LogP contribution in [0, 0.1) is 13.8 Å². The van der Waals surface area contributed by atoms with E-state index in [1.165, 1.54) is 22.2 Å². The topological polar surface area (TPSA) is 52.9 Å². The molecule has 1 heterocycles. The molecule has 2 aromatic rings. The second kappa shape index (κ2) is 7.58. The van der Waals surface area contributed by atoms with E-state index in [2.05, 4.69) is 43.8 Å². The van der Waals surface area contributed by atoms with Crippen molar-refractivity contribution in [1.29, 1.82) is 0 Å². The molecule has 1 N–H and O–H groups in total. The molecular weight excluding hydrogens is 480 g/mol. The maximum Gasteiger partial charge on any atom is 0.266 e. The summed E-state index contributed by atoms with van der Waals surface area (Å²) in [5.74, 6) is -0.0515. The summed E-state index contributed by atoms with van der Waals surface area (Å²) in [5, 5.41) is 10.8. The Bertz CT molecular complexity index is 970. The zero-order valence-electron chi connectivity index (χ0n) is 14.4. The van der Waals surface area contributed by atoms with Crippen LogP contribution >= 0.6 is 43.6 Å². The van der Waals surface area contributed by atoms with Crippen LogP contribution in [0.1, 0.15) is 16.7 Å². The Hall–Kier alpha value is -1.57. The molecule has 134 valence electrons. The highest BCUT2D eigenvalue weighted by atomic mass is 79.9. The Morgan fingerprint density at radius 1 is 1.15 bits per heavy atom. The Morgan fingerprint density at radius 3 is 2.58 bits per heavy atom. The van der Waals surface area contributed by atoms with Crippen molar-refractivity contribution < 1.29 is 9.90 Å². The number of hydrogen-bond acceptors (Lipinski definition) is 4. The van der Waals surface area contributed by atoms with Crippen molar-refractivity contribution in [2.75, 3.05) is 7.05 Å². The number of thioether (sulfide) groups is 1. The van der Waals surface area contributed by atoms with Crippen molar-refractivity contribution in [1.82, 2.24) is 4.90 Å². The number of aryl methyl sites for hydroxylation is 2. The maximum atomic E-state index is 12.6. The molecule has 0 atom stereocenters. The summed E-state index contributed by atoms with van der Waals surface area (Å²) < 4.78 is 1.37. The molecule has 1 aliphatic heterocycles. The number of carbonyl (C=O) groups excluding carboxylic acids is 1. The van der Waals surface area contributed by atoms with Crippen molar-refractivity contribution in [3.63, 3.8) is 0 Å². The fourth-order valence-corrected chi connectivity index (χ4v) is 4.63. The van der Waals surface area contributed by atoms with Gasteiger partial charge in [-0.05, 0) is 83.0 Å². The van der Waals surface area contributed by atoms with Gasteiger partial charge in [0.2, 0.25) is 0 Å². The third-order valence-corrected chi connectivity index (χ3v) is 6.19. The lowest BCUT2D eigenvalue weighted by atomic mass is 10.1. The zero-order valence-corrected chi connectivity index (χ0v) is 18.4. The number of amides is 1. The number of carbonyl (C=O) groups is 1. The lowest BCUT2D eigenvalue weighted by Crippen LogP contribution is -2.23. The number of phenols is 1. The average Bonchev–Trinajstić information content (AvgIpc) is 2.83. The molecule has 0 spiro atoms. The Balaban J connectivity index is 1.96. The number of phenolic OH excluding ortho intramolecular Hbond substituents is 1. The molecule has 1 amide bonds. The first-order valence-electron chi connectivity index (χ1n) is 7.78. The summed E-state index contributed by atoms with van der Waals surface area (Å²) in [4.78, 5) is 19.2. The van der Waals surface area contributed by atoms with Crippen LogP contribution in [0.2, 0.25) is 0 Å². The molecule has 1 saturated heterocycles. The van der Waals surface area contributed by atoms with Gasteiger partial charge in [-0.25, -0.2) is 4.99 Å². The number of likely N-dealkylation sites (N-methyl/N-ethyl adjacent to an activating group) is 1. The fourth-order valence-electron chi connectivity index (χ4n) is 2.39. The molecule has 0 bridgehead atoms. The smallest absolute Gasteiger partial charge is 0.266 e. The third-order valence-electron chi connectivity index (χ3n) is 4.06. The molecule has 26 heavy (non-hydrogen) atoms. The van der Waals surface area contributed by atoms with Gasteiger partial charge >= 0.3 is 0 Å². The minimum atomic E-state index is -0.145. The number of rotatable bonds is 2. The van der Waals surface area contributed by atoms with E-state index in [9.17, 15) is 9.90 Å². The summed E-state index contributed by atoms with van der Waals surface area (Å²) in [6, 6.07) is 9.47.